The highest BCUT2D eigenvalue weighted by molar-refractivity contribution is 5.93. The molecule has 1 unspecified atom stereocenters. The predicted molar refractivity (Wildman–Crippen MR) is 93.7 cm³/mol. The second-order valence-electron chi connectivity index (χ2n) is 5.58. The highest BCUT2D eigenvalue weighted by Crippen LogP contribution is 2.19. The van der Waals surface area contributed by atoms with Crippen molar-refractivity contribution in [3.8, 4) is 0 Å². The van der Waals surface area contributed by atoms with Gasteiger partial charge in [-0.05, 0) is 36.2 Å². The lowest BCUT2D eigenvalue weighted by Gasteiger charge is -2.18. The van der Waals surface area contributed by atoms with Crippen molar-refractivity contribution in [2.45, 2.75) is 12.3 Å². The first kappa shape index (κ1) is 15.9. The molecule has 1 amide bonds. The largest absolute Gasteiger partial charge is 0.351 e. The maximum Gasteiger partial charge on any atom is 0.252 e. The van der Waals surface area contributed by atoms with Crippen molar-refractivity contribution < 1.29 is 4.79 Å². The van der Waals surface area contributed by atoms with Crippen molar-refractivity contribution in [2.75, 3.05) is 6.54 Å². The van der Waals surface area contributed by atoms with E-state index in [9.17, 15) is 4.79 Å². The van der Waals surface area contributed by atoms with Crippen LogP contribution in [0.5, 0.6) is 0 Å². The fourth-order valence-corrected chi connectivity index (χ4v) is 2.62. The minimum absolute atomic E-state index is 0.106. The third-order valence-electron chi connectivity index (χ3n) is 3.89. The van der Waals surface area contributed by atoms with Gasteiger partial charge in [0.15, 0.2) is 0 Å². The summed E-state index contributed by atoms with van der Waals surface area (Å²) in [5.41, 5.74) is 2.78. The van der Waals surface area contributed by atoms with E-state index in [0.29, 0.717) is 12.1 Å². The van der Waals surface area contributed by atoms with Gasteiger partial charge in [-0.15, -0.1) is 0 Å². The van der Waals surface area contributed by atoms with Crippen molar-refractivity contribution in [3.05, 3.63) is 96.1 Å². The van der Waals surface area contributed by atoms with E-state index in [4.69, 9.17) is 0 Å². The molecule has 2 aromatic heterocycles. The van der Waals surface area contributed by atoms with Crippen LogP contribution in [0.4, 0.5) is 0 Å². The summed E-state index contributed by atoms with van der Waals surface area (Å²) in [6.45, 7) is 0.550. The third-order valence-corrected chi connectivity index (χ3v) is 3.89. The molecule has 0 spiro atoms. The van der Waals surface area contributed by atoms with Gasteiger partial charge in [-0.25, -0.2) is 0 Å². The quantitative estimate of drug-likeness (QED) is 0.759. The predicted octanol–water partition coefficient (Wildman–Crippen LogP) is 3.23. The fraction of sp³-hybridized carbons (Fsp3) is 0.150. The zero-order chi connectivity index (χ0) is 16.6. The molecule has 1 N–H and O–H groups in total. The molecular weight excluding hydrogens is 298 g/mol. The standard InChI is InChI=1S/C20H19N3O/c24-20(17-9-6-11-21-14-17)23-15-18(16-7-2-1-3-8-16)13-19-10-4-5-12-22-19/h1-12,14,18H,13,15H2,(H,23,24). The minimum Gasteiger partial charge on any atom is -0.351 e. The maximum atomic E-state index is 12.3. The average molecular weight is 317 g/mol. The van der Waals surface area contributed by atoms with Crippen LogP contribution in [0.15, 0.2) is 79.3 Å². The molecule has 0 radical (unpaired) electrons. The molecule has 0 saturated heterocycles. The normalized spacial score (nSPS) is 11.7. The number of amides is 1. The second kappa shape index (κ2) is 8.02. The summed E-state index contributed by atoms with van der Waals surface area (Å²) in [4.78, 5) is 20.7. The molecule has 3 rings (SSSR count). The summed E-state index contributed by atoms with van der Waals surface area (Å²) >= 11 is 0. The lowest BCUT2D eigenvalue weighted by Crippen LogP contribution is -2.29. The summed E-state index contributed by atoms with van der Waals surface area (Å²) in [5, 5.41) is 3.01. The van der Waals surface area contributed by atoms with Gasteiger partial charge in [-0.2, -0.15) is 0 Å². The Morgan fingerprint density at radius 2 is 1.79 bits per heavy atom. The first-order valence-electron chi connectivity index (χ1n) is 7.96. The van der Waals surface area contributed by atoms with Crippen molar-refractivity contribution >= 4 is 5.91 Å². The van der Waals surface area contributed by atoms with Crippen LogP contribution < -0.4 is 5.32 Å². The first-order valence-corrected chi connectivity index (χ1v) is 7.96. The number of hydrogen-bond donors (Lipinski definition) is 1. The van der Waals surface area contributed by atoms with Crippen LogP contribution in [0.2, 0.25) is 0 Å². The zero-order valence-corrected chi connectivity index (χ0v) is 13.3. The molecule has 0 saturated carbocycles. The van der Waals surface area contributed by atoms with E-state index in [1.807, 2.05) is 36.4 Å². The molecule has 120 valence electrons. The Labute approximate surface area is 141 Å². The molecule has 0 fully saturated rings. The summed E-state index contributed by atoms with van der Waals surface area (Å²) < 4.78 is 0. The highest BCUT2D eigenvalue weighted by Gasteiger charge is 2.15. The topological polar surface area (TPSA) is 54.9 Å². The number of carbonyl (C=O) groups is 1. The van der Waals surface area contributed by atoms with Gasteiger partial charge in [0, 0.05) is 36.7 Å². The summed E-state index contributed by atoms with van der Waals surface area (Å²) in [6, 6.07) is 19.6. The molecule has 0 bridgehead atoms. The van der Waals surface area contributed by atoms with E-state index < -0.39 is 0 Å². The third kappa shape index (κ3) is 4.26. The van der Waals surface area contributed by atoms with Crippen LogP contribution in [-0.4, -0.2) is 22.4 Å². The van der Waals surface area contributed by atoms with Crippen molar-refractivity contribution in [1.82, 2.24) is 15.3 Å². The molecule has 0 aliphatic heterocycles. The molecule has 3 aromatic rings. The molecule has 0 aliphatic carbocycles. The van der Waals surface area contributed by atoms with Gasteiger partial charge in [0.1, 0.15) is 0 Å². The molecule has 24 heavy (non-hydrogen) atoms. The molecule has 1 aromatic carbocycles. The van der Waals surface area contributed by atoms with E-state index in [0.717, 1.165) is 12.1 Å². The van der Waals surface area contributed by atoms with E-state index >= 15 is 0 Å². The Hall–Kier alpha value is -3.01. The number of carbonyl (C=O) groups excluding carboxylic acids is 1. The average Bonchev–Trinajstić information content (AvgIpc) is 2.67. The van der Waals surface area contributed by atoms with Crippen LogP contribution >= 0.6 is 0 Å². The molecular formula is C20H19N3O. The lowest BCUT2D eigenvalue weighted by molar-refractivity contribution is 0.0950. The van der Waals surface area contributed by atoms with Crippen LogP contribution in [0.25, 0.3) is 0 Å². The van der Waals surface area contributed by atoms with E-state index in [-0.39, 0.29) is 11.8 Å². The van der Waals surface area contributed by atoms with Crippen LogP contribution in [0.1, 0.15) is 27.5 Å². The van der Waals surface area contributed by atoms with Gasteiger partial charge in [0.05, 0.1) is 5.56 Å². The van der Waals surface area contributed by atoms with Crippen LogP contribution in [-0.2, 0) is 6.42 Å². The van der Waals surface area contributed by atoms with Crippen molar-refractivity contribution in [2.24, 2.45) is 0 Å². The number of aromatic nitrogens is 2. The van der Waals surface area contributed by atoms with Gasteiger partial charge in [0.2, 0.25) is 0 Å². The summed E-state index contributed by atoms with van der Waals surface area (Å²) in [7, 11) is 0. The van der Waals surface area contributed by atoms with Gasteiger partial charge in [-0.3, -0.25) is 14.8 Å². The summed E-state index contributed by atoms with van der Waals surface area (Å²) in [5.74, 6) is 0.0618. The van der Waals surface area contributed by atoms with E-state index in [1.54, 1.807) is 30.7 Å². The van der Waals surface area contributed by atoms with Crippen LogP contribution in [0.3, 0.4) is 0 Å². The van der Waals surface area contributed by atoms with Gasteiger partial charge in [-0.1, -0.05) is 36.4 Å². The SMILES string of the molecule is O=C(NCC(Cc1ccccn1)c1ccccc1)c1cccnc1. The molecule has 2 heterocycles. The monoisotopic (exact) mass is 317 g/mol. The Morgan fingerprint density at radius 3 is 2.50 bits per heavy atom. The minimum atomic E-state index is -0.106. The van der Waals surface area contributed by atoms with Gasteiger partial charge >= 0.3 is 0 Å². The molecule has 4 heteroatoms. The Balaban J connectivity index is 1.72. The number of nitrogens with zero attached hydrogens (tertiary/aromatic N) is 2. The molecule has 0 aliphatic rings. The van der Waals surface area contributed by atoms with Crippen molar-refractivity contribution in [1.29, 1.82) is 0 Å². The molecule has 4 nitrogen and oxygen atoms in total. The smallest absolute Gasteiger partial charge is 0.252 e. The van der Waals surface area contributed by atoms with E-state index in [1.165, 1.54) is 5.56 Å². The molecule has 1 atom stereocenters. The summed E-state index contributed by atoms with van der Waals surface area (Å²) in [6.07, 6.45) is 5.81. The highest BCUT2D eigenvalue weighted by atomic mass is 16.1. The maximum absolute atomic E-state index is 12.3. The lowest BCUT2D eigenvalue weighted by atomic mass is 9.94. The Kier molecular flexibility index (Phi) is 5.30. The Bertz CT molecular complexity index is 761. The second-order valence-corrected chi connectivity index (χ2v) is 5.58. The van der Waals surface area contributed by atoms with E-state index in [2.05, 4.69) is 27.4 Å². The van der Waals surface area contributed by atoms with Gasteiger partial charge < -0.3 is 5.32 Å². The number of rotatable bonds is 6. The number of hydrogen-bond acceptors (Lipinski definition) is 3. The zero-order valence-electron chi connectivity index (χ0n) is 13.3. The van der Waals surface area contributed by atoms with Gasteiger partial charge in [0.25, 0.3) is 5.91 Å². The Morgan fingerprint density at radius 1 is 0.958 bits per heavy atom. The van der Waals surface area contributed by atoms with Crippen molar-refractivity contribution in [3.63, 3.8) is 0 Å². The number of pyridine rings is 2. The number of nitrogens with one attached hydrogen (secondary N) is 1. The fourth-order valence-electron chi connectivity index (χ4n) is 2.62. The van der Waals surface area contributed by atoms with Crippen LogP contribution in [0, 0.1) is 0 Å². The number of benzene rings is 1. The first-order chi connectivity index (χ1) is 11.8.